The largest absolute Gasteiger partial charge is 0.469 e. The maximum atomic E-state index is 5.90. The number of fused-ring (bicyclic) bond motifs is 1. The molecule has 2 N–H and O–H groups in total. The van der Waals surface area contributed by atoms with Gasteiger partial charge in [-0.05, 0) is 25.1 Å². The number of hydrogen-bond donors (Lipinski definition) is 2. The minimum atomic E-state index is 0. The number of hydrogen-bond acceptors (Lipinski definition) is 3. The second-order valence-electron chi connectivity index (χ2n) is 5.33. The molecule has 0 aliphatic rings. The quantitative estimate of drug-likeness (QED) is 0.360. The molecule has 0 atom stereocenters. The molecule has 0 fully saturated rings. The van der Waals surface area contributed by atoms with Gasteiger partial charge in [0.1, 0.15) is 17.1 Å². The second kappa shape index (κ2) is 8.77. The summed E-state index contributed by atoms with van der Waals surface area (Å²) in [6.07, 6.45) is 2.50. The standard InChI is InChI=1S/C18H21N3O2.HI/c1-13-15-7-3-4-8-16(15)23-17(13)12-21-18(19-2)20-10-9-14-6-5-11-22-14;/h3-8,11H,9-10,12H2,1-2H3,(H2,19,20,21);1H. The van der Waals surface area contributed by atoms with Gasteiger partial charge >= 0.3 is 0 Å². The fraction of sp³-hybridized carbons (Fsp3) is 0.278. The minimum absolute atomic E-state index is 0. The highest BCUT2D eigenvalue weighted by molar-refractivity contribution is 14.0. The van der Waals surface area contributed by atoms with Crippen LogP contribution >= 0.6 is 24.0 Å². The molecule has 1 aromatic carbocycles. The van der Waals surface area contributed by atoms with Crippen molar-refractivity contribution in [3.8, 4) is 0 Å². The number of guanidine groups is 1. The SMILES string of the molecule is CN=C(NCCc1ccco1)NCc1oc2ccccc2c1C.I. The van der Waals surface area contributed by atoms with E-state index < -0.39 is 0 Å². The summed E-state index contributed by atoms with van der Waals surface area (Å²) in [6, 6.07) is 11.9. The van der Waals surface area contributed by atoms with Gasteiger partial charge in [0.25, 0.3) is 0 Å². The van der Waals surface area contributed by atoms with Crippen LogP contribution in [0.25, 0.3) is 11.0 Å². The van der Waals surface area contributed by atoms with Crippen LogP contribution in [0.4, 0.5) is 0 Å². The van der Waals surface area contributed by atoms with Crippen molar-refractivity contribution in [3.63, 3.8) is 0 Å². The van der Waals surface area contributed by atoms with E-state index in [1.807, 2.05) is 30.3 Å². The number of benzene rings is 1. The van der Waals surface area contributed by atoms with Gasteiger partial charge in [-0.3, -0.25) is 4.99 Å². The predicted molar refractivity (Wildman–Crippen MR) is 107 cm³/mol. The van der Waals surface area contributed by atoms with E-state index >= 15 is 0 Å². The number of halogens is 1. The molecule has 0 amide bonds. The summed E-state index contributed by atoms with van der Waals surface area (Å²) in [6.45, 7) is 3.43. The number of aliphatic imine (C=N–C) groups is 1. The Morgan fingerprint density at radius 3 is 2.67 bits per heavy atom. The zero-order valence-electron chi connectivity index (χ0n) is 13.8. The molecule has 2 heterocycles. The third kappa shape index (κ3) is 4.31. The first-order valence-electron chi connectivity index (χ1n) is 7.72. The fourth-order valence-corrected chi connectivity index (χ4v) is 2.54. The minimum Gasteiger partial charge on any atom is -0.469 e. The van der Waals surface area contributed by atoms with Crippen molar-refractivity contribution >= 4 is 40.9 Å². The molecule has 24 heavy (non-hydrogen) atoms. The van der Waals surface area contributed by atoms with Crippen LogP contribution in [0, 0.1) is 6.92 Å². The molecule has 128 valence electrons. The summed E-state index contributed by atoms with van der Waals surface area (Å²) in [5.74, 6) is 2.64. The lowest BCUT2D eigenvalue weighted by Crippen LogP contribution is -2.37. The van der Waals surface area contributed by atoms with Crippen LogP contribution in [0.2, 0.25) is 0 Å². The van der Waals surface area contributed by atoms with E-state index in [-0.39, 0.29) is 24.0 Å². The Balaban J connectivity index is 0.00000208. The molecule has 0 saturated heterocycles. The van der Waals surface area contributed by atoms with Gasteiger partial charge in [0, 0.05) is 31.0 Å². The lowest BCUT2D eigenvalue weighted by Gasteiger charge is -2.10. The summed E-state index contributed by atoms with van der Waals surface area (Å²) in [5, 5.41) is 7.71. The van der Waals surface area contributed by atoms with Crippen molar-refractivity contribution in [1.29, 1.82) is 0 Å². The highest BCUT2D eigenvalue weighted by Gasteiger charge is 2.10. The lowest BCUT2D eigenvalue weighted by molar-refractivity contribution is 0.505. The van der Waals surface area contributed by atoms with Gasteiger partial charge in [0.2, 0.25) is 0 Å². The van der Waals surface area contributed by atoms with E-state index in [9.17, 15) is 0 Å². The Morgan fingerprint density at radius 2 is 1.96 bits per heavy atom. The zero-order chi connectivity index (χ0) is 16.1. The Bertz CT molecular complexity index is 794. The van der Waals surface area contributed by atoms with E-state index in [4.69, 9.17) is 8.83 Å². The van der Waals surface area contributed by atoms with Gasteiger partial charge in [-0.25, -0.2) is 0 Å². The first-order chi connectivity index (χ1) is 11.3. The van der Waals surface area contributed by atoms with Crippen LogP contribution in [0.5, 0.6) is 0 Å². The van der Waals surface area contributed by atoms with Gasteiger partial charge < -0.3 is 19.5 Å². The average molecular weight is 439 g/mol. The average Bonchev–Trinajstić information content (AvgIpc) is 3.19. The van der Waals surface area contributed by atoms with Crippen LogP contribution in [0.3, 0.4) is 0 Å². The van der Waals surface area contributed by atoms with Crippen LogP contribution in [0.1, 0.15) is 17.1 Å². The van der Waals surface area contributed by atoms with Crippen molar-refractivity contribution in [2.45, 2.75) is 19.9 Å². The van der Waals surface area contributed by atoms with E-state index in [0.717, 1.165) is 41.4 Å². The maximum absolute atomic E-state index is 5.90. The molecule has 0 spiro atoms. The summed E-state index contributed by atoms with van der Waals surface area (Å²) in [4.78, 5) is 4.23. The van der Waals surface area contributed by atoms with E-state index in [1.54, 1.807) is 13.3 Å². The summed E-state index contributed by atoms with van der Waals surface area (Å²) >= 11 is 0. The number of furan rings is 2. The molecule has 0 aliphatic heterocycles. The summed E-state index contributed by atoms with van der Waals surface area (Å²) < 4.78 is 11.2. The first-order valence-corrected chi connectivity index (χ1v) is 7.72. The van der Waals surface area contributed by atoms with Gasteiger partial charge in [-0.1, -0.05) is 18.2 Å². The van der Waals surface area contributed by atoms with Gasteiger partial charge in [0.15, 0.2) is 5.96 Å². The van der Waals surface area contributed by atoms with Crippen LogP contribution in [0.15, 0.2) is 56.5 Å². The monoisotopic (exact) mass is 439 g/mol. The molecular formula is C18H22IN3O2. The molecule has 3 aromatic rings. The van der Waals surface area contributed by atoms with Crippen molar-refractivity contribution in [3.05, 3.63) is 59.7 Å². The molecule has 5 nitrogen and oxygen atoms in total. The number of nitrogens with zero attached hydrogens (tertiary/aromatic N) is 1. The van der Waals surface area contributed by atoms with Crippen molar-refractivity contribution in [2.24, 2.45) is 4.99 Å². The number of nitrogens with one attached hydrogen (secondary N) is 2. The zero-order valence-corrected chi connectivity index (χ0v) is 16.2. The van der Waals surface area contributed by atoms with E-state index in [0.29, 0.717) is 6.54 Å². The fourth-order valence-electron chi connectivity index (χ4n) is 2.54. The van der Waals surface area contributed by atoms with E-state index in [1.165, 1.54) is 5.56 Å². The molecule has 0 aliphatic carbocycles. The summed E-state index contributed by atoms with van der Waals surface area (Å²) in [7, 11) is 1.76. The Hall–Kier alpha value is -1.96. The lowest BCUT2D eigenvalue weighted by atomic mass is 10.1. The van der Waals surface area contributed by atoms with Crippen molar-refractivity contribution < 1.29 is 8.83 Å². The van der Waals surface area contributed by atoms with Crippen LogP contribution < -0.4 is 10.6 Å². The van der Waals surface area contributed by atoms with Gasteiger partial charge in [-0.2, -0.15) is 0 Å². The normalized spacial score (nSPS) is 11.3. The number of aryl methyl sites for hydroxylation is 1. The van der Waals surface area contributed by atoms with Gasteiger partial charge in [-0.15, -0.1) is 24.0 Å². The Labute approximate surface area is 158 Å². The summed E-state index contributed by atoms with van der Waals surface area (Å²) in [5.41, 5.74) is 2.08. The smallest absolute Gasteiger partial charge is 0.191 e. The highest BCUT2D eigenvalue weighted by Crippen LogP contribution is 2.24. The van der Waals surface area contributed by atoms with Crippen LogP contribution in [-0.4, -0.2) is 19.6 Å². The molecule has 0 saturated carbocycles. The molecule has 0 radical (unpaired) electrons. The predicted octanol–water partition coefficient (Wildman–Crippen LogP) is 3.86. The first kappa shape index (κ1) is 18.4. The Kier molecular flexibility index (Phi) is 6.72. The molecule has 3 rings (SSSR count). The van der Waals surface area contributed by atoms with Crippen molar-refractivity contribution in [1.82, 2.24) is 10.6 Å². The second-order valence-corrected chi connectivity index (χ2v) is 5.33. The number of para-hydroxylation sites is 1. The third-order valence-electron chi connectivity index (χ3n) is 3.83. The van der Waals surface area contributed by atoms with E-state index in [2.05, 4.69) is 28.6 Å². The third-order valence-corrected chi connectivity index (χ3v) is 3.83. The van der Waals surface area contributed by atoms with Crippen LogP contribution in [-0.2, 0) is 13.0 Å². The molecule has 2 aromatic heterocycles. The topological polar surface area (TPSA) is 62.7 Å². The maximum Gasteiger partial charge on any atom is 0.191 e. The van der Waals surface area contributed by atoms with Gasteiger partial charge in [0.05, 0.1) is 12.8 Å². The Morgan fingerprint density at radius 1 is 1.12 bits per heavy atom. The van der Waals surface area contributed by atoms with Crippen molar-refractivity contribution in [2.75, 3.05) is 13.6 Å². The molecule has 0 bridgehead atoms. The molecule has 0 unspecified atom stereocenters. The molecular weight excluding hydrogens is 417 g/mol. The molecule has 6 heteroatoms. The highest BCUT2D eigenvalue weighted by atomic mass is 127. The number of rotatable bonds is 5.